The predicted octanol–water partition coefficient (Wildman–Crippen LogP) is 2.75. The van der Waals surface area contributed by atoms with E-state index < -0.39 is 0 Å². The van der Waals surface area contributed by atoms with Crippen molar-refractivity contribution >= 4 is 11.6 Å². The summed E-state index contributed by atoms with van der Waals surface area (Å²) in [4.78, 5) is 14.2. The zero-order valence-corrected chi connectivity index (χ0v) is 11.8. The van der Waals surface area contributed by atoms with Crippen LogP contribution in [0.4, 0.5) is 10.1 Å². The number of hydrogen-bond acceptors (Lipinski definition) is 2. The lowest BCUT2D eigenvalue weighted by molar-refractivity contribution is -0.118. The van der Waals surface area contributed by atoms with Gasteiger partial charge in [0.05, 0.1) is 6.42 Å². The molecule has 0 heterocycles. The maximum Gasteiger partial charge on any atom is 0.231 e. The average molecular weight is 286 g/mol. The highest BCUT2D eigenvalue weighted by Crippen LogP contribution is 2.16. The summed E-state index contributed by atoms with van der Waals surface area (Å²) < 4.78 is 13.2. The number of benzene rings is 2. The highest BCUT2D eigenvalue weighted by atomic mass is 19.1. The third-order valence-electron chi connectivity index (χ3n) is 3.20. The Kier molecular flexibility index (Phi) is 5.46. The van der Waals surface area contributed by atoms with Crippen molar-refractivity contribution in [2.24, 2.45) is 5.73 Å². The summed E-state index contributed by atoms with van der Waals surface area (Å²) in [6.45, 7) is 1.09. The molecule has 0 aromatic heterocycles. The summed E-state index contributed by atoms with van der Waals surface area (Å²) in [5, 5.41) is 0. The molecule has 0 spiro atoms. The minimum Gasteiger partial charge on any atom is -0.330 e. The van der Waals surface area contributed by atoms with Gasteiger partial charge in [0.25, 0.3) is 0 Å². The van der Waals surface area contributed by atoms with Crippen molar-refractivity contribution in [1.82, 2.24) is 0 Å². The maximum atomic E-state index is 13.2. The fourth-order valence-corrected chi connectivity index (χ4v) is 2.17. The number of nitrogens with two attached hydrogens (primary N) is 1. The standard InChI is InChI=1S/C17H19FN2O/c18-15-7-4-6-14(12-15)13-17(21)20(11-5-10-19)16-8-2-1-3-9-16/h1-4,6-9,12H,5,10-11,13,19H2. The van der Waals surface area contributed by atoms with E-state index in [1.807, 2.05) is 30.3 Å². The molecule has 0 atom stereocenters. The fourth-order valence-electron chi connectivity index (χ4n) is 2.17. The second-order valence-electron chi connectivity index (χ2n) is 4.83. The quantitative estimate of drug-likeness (QED) is 0.887. The van der Waals surface area contributed by atoms with Crippen molar-refractivity contribution < 1.29 is 9.18 Å². The Labute approximate surface area is 124 Å². The van der Waals surface area contributed by atoms with Crippen molar-refractivity contribution in [3.63, 3.8) is 0 Å². The van der Waals surface area contributed by atoms with E-state index in [1.165, 1.54) is 12.1 Å². The van der Waals surface area contributed by atoms with Crippen LogP contribution in [-0.2, 0) is 11.2 Å². The van der Waals surface area contributed by atoms with E-state index in [1.54, 1.807) is 17.0 Å². The highest BCUT2D eigenvalue weighted by molar-refractivity contribution is 5.94. The zero-order chi connectivity index (χ0) is 15.1. The number of rotatable bonds is 6. The molecule has 1 amide bonds. The monoisotopic (exact) mass is 286 g/mol. The largest absolute Gasteiger partial charge is 0.330 e. The Bertz CT molecular complexity index is 586. The summed E-state index contributed by atoms with van der Waals surface area (Å²) in [6.07, 6.45) is 0.904. The van der Waals surface area contributed by atoms with Crippen LogP contribution < -0.4 is 10.6 Å². The van der Waals surface area contributed by atoms with Crippen LogP contribution in [0.5, 0.6) is 0 Å². The lowest BCUT2D eigenvalue weighted by Crippen LogP contribution is -2.34. The van der Waals surface area contributed by atoms with Gasteiger partial charge >= 0.3 is 0 Å². The molecule has 0 aliphatic heterocycles. The van der Waals surface area contributed by atoms with Crippen LogP contribution in [0.2, 0.25) is 0 Å². The van der Waals surface area contributed by atoms with Gasteiger partial charge in [0.15, 0.2) is 0 Å². The Morgan fingerprint density at radius 2 is 1.86 bits per heavy atom. The van der Waals surface area contributed by atoms with E-state index in [0.717, 1.165) is 12.1 Å². The van der Waals surface area contributed by atoms with Gasteiger partial charge in [0.1, 0.15) is 5.82 Å². The highest BCUT2D eigenvalue weighted by Gasteiger charge is 2.15. The SMILES string of the molecule is NCCCN(C(=O)Cc1cccc(F)c1)c1ccccc1. The van der Waals surface area contributed by atoms with Crippen LogP contribution in [0.3, 0.4) is 0 Å². The number of halogens is 1. The zero-order valence-electron chi connectivity index (χ0n) is 11.8. The Morgan fingerprint density at radius 3 is 2.52 bits per heavy atom. The first-order valence-corrected chi connectivity index (χ1v) is 7.00. The maximum absolute atomic E-state index is 13.2. The molecular formula is C17H19FN2O. The minimum atomic E-state index is -0.325. The first-order valence-electron chi connectivity index (χ1n) is 7.00. The van der Waals surface area contributed by atoms with Gasteiger partial charge in [-0.1, -0.05) is 30.3 Å². The van der Waals surface area contributed by atoms with E-state index in [0.29, 0.717) is 18.7 Å². The molecule has 2 aromatic carbocycles. The number of para-hydroxylation sites is 1. The van der Waals surface area contributed by atoms with E-state index in [4.69, 9.17) is 5.73 Å². The van der Waals surface area contributed by atoms with E-state index >= 15 is 0 Å². The first-order chi connectivity index (χ1) is 10.2. The summed E-state index contributed by atoms with van der Waals surface area (Å²) in [5.41, 5.74) is 7.05. The van der Waals surface area contributed by atoms with Gasteiger partial charge in [-0.2, -0.15) is 0 Å². The molecule has 0 unspecified atom stereocenters. The molecule has 0 aliphatic carbocycles. The molecule has 0 fully saturated rings. The Balaban J connectivity index is 2.14. The molecule has 4 heteroatoms. The molecule has 0 saturated heterocycles. The van der Waals surface area contributed by atoms with E-state index in [2.05, 4.69) is 0 Å². The van der Waals surface area contributed by atoms with Crippen molar-refractivity contribution in [3.05, 3.63) is 66.0 Å². The lowest BCUT2D eigenvalue weighted by atomic mass is 10.1. The van der Waals surface area contributed by atoms with Gasteiger partial charge in [-0.05, 0) is 42.8 Å². The fraction of sp³-hybridized carbons (Fsp3) is 0.235. The van der Waals surface area contributed by atoms with Crippen molar-refractivity contribution in [3.8, 4) is 0 Å². The third kappa shape index (κ3) is 4.39. The van der Waals surface area contributed by atoms with Crippen LogP contribution >= 0.6 is 0 Å². The number of anilines is 1. The third-order valence-corrected chi connectivity index (χ3v) is 3.20. The van der Waals surface area contributed by atoms with Gasteiger partial charge in [-0.25, -0.2) is 4.39 Å². The Hall–Kier alpha value is -2.20. The van der Waals surface area contributed by atoms with Gasteiger partial charge in [-0.15, -0.1) is 0 Å². The van der Waals surface area contributed by atoms with Crippen LogP contribution in [0, 0.1) is 5.82 Å². The van der Waals surface area contributed by atoms with Crippen LogP contribution in [-0.4, -0.2) is 19.0 Å². The lowest BCUT2D eigenvalue weighted by Gasteiger charge is -2.22. The molecule has 21 heavy (non-hydrogen) atoms. The second kappa shape index (κ2) is 7.55. The number of amides is 1. The van der Waals surface area contributed by atoms with Crippen molar-refractivity contribution in [1.29, 1.82) is 0 Å². The summed E-state index contributed by atoms with van der Waals surface area (Å²) in [7, 11) is 0. The molecule has 3 nitrogen and oxygen atoms in total. The van der Waals surface area contributed by atoms with Gasteiger partial charge in [-0.3, -0.25) is 4.79 Å². The molecule has 0 bridgehead atoms. The number of carbonyl (C=O) groups excluding carboxylic acids is 1. The van der Waals surface area contributed by atoms with Gasteiger partial charge < -0.3 is 10.6 Å². The van der Waals surface area contributed by atoms with Gasteiger partial charge in [0, 0.05) is 12.2 Å². The van der Waals surface area contributed by atoms with E-state index in [9.17, 15) is 9.18 Å². The number of carbonyl (C=O) groups is 1. The van der Waals surface area contributed by atoms with Gasteiger partial charge in [0.2, 0.25) is 5.91 Å². The molecule has 2 aromatic rings. The smallest absolute Gasteiger partial charge is 0.231 e. The predicted molar refractivity (Wildman–Crippen MR) is 82.6 cm³/mol. The Morgan fingerprint density at radius 1 is 1.10 bits per heavy atom. The minimum absolute atomic E-state index is 0.0553. The number of hydrogen-bond donors (Lipinski definition) is 1. The molecular weight excluding hydrogens is 267 g/mol. The second-order valence-corrected chi connectivity index (χ2v) is 4.83. The molecule has 110 valence electrons. The number of nitrogens with zero attached hydrogens (tertiary/aromatic N) is 1. The summed E-state index contributed by atoms with van der Waals surface area (Å²) in [5.74, 6) is -0.381. The summed E-state index contributed by atoms with van der Waals surface area (Å²) in [6, 6.07) is 15.6. The van der Waals surface area contributed by atoms with Crippen LogP contribution in [0.1, 0.15) is 12.0 Å². The average Bonchev–Trinajstić information content (AvgIpc) is 2.49. The normalized spacial score (nSPS) is 10.4. The van der Waals surface area contributed by atoms with Crippen LogP contribution in [0.25, 0.3) is 0 Å². The van der Waals surface area contributed by atoms with E-state index in [-0.39, 0.29) is 18.1 Å². The van der Waals surface area contributed by atoms with Crippen molar-refractivity contribution in [2.75, 3.05) is 18.0 Å². The molecule has 0 saturated carbocycles. The molecule has 0 radical (unpaired) electrons. The van der Waals surface area contributed by atoms with Crippen LogP contribution in [0.15, 0.2) is 54.6 Å². The topological polar surface area (TPSA) is 46.3 Å². The molecule has 0 aliphatic rings. The van der Waals surface area contributed by atoms with Crippen molar-refractivity contribution in [2.45, 2.75) is 12.8 Å². The first kappa shape index (κ1) is 15.2. The molecule has 2 rings (SSSR count). The molecule has 2 N–H and O–H groups in total. The summed E-state index contributed by atoms with van der Waals surface area (Å²) >= 11 is 0.